The van der Waals surface area contributed by atoms with Crippen LogP contribution in [0.1, 0.15) is 30.2 Å². The number of hydrogen-bond donors (Lipinski definition) is 1. The monoisotopic (exact) mass is 463 g/mol. The molecule has 0 radical (unpaired) electrons. The van der Waals surface area contributed by atoms with Crippen LogP contribution in [0.2, 0.25) is 0 Å². The standard InChI is InChI=1S/C23H24F3N3O4/c1-16(29-33-14-18-2-7-21(27-13-18)23(24,25)26)19-3-5-20(6-4-19)32-15-22(30)28-12-17-8-10-31-11-9-17/h2-8,10,13,17H,9,11-12,14-15H2,1H3,(H,28,30)/b29-16+. The Labute approximate surface area is 189 Å². The van der Waals surface area contributed by atoms with Crippen molar-refractivity contribution in [3.05, 3.63) is 71.8 Å². The molecule has 1 aliphatic heterocycles. The fourth-order valence-corrected chi connectivity index (χ4v) is 2.89. The number of nitrogens with one attached hydrogen (secondary N) is 1. The van der Waals surface area contributed by atoms with E-state index in [2.05, 4.69) is 15.5 Å². The third-order valence-corrected chi connectivity index (χ3v) is 4.80. The Kier molecular flexibility index (Phi) is 8.28. The normalized spacial score (nSPS) is 16.1. The number of carbonyl (C=O) groups excluding carboxylic acids is 1. The van der Waals surface area contributed by atoms with Gasteiger partial charge >= 0.3 is 6.18 Å². The highest BCUT2D eigenvalue weighted by Crippen LogP contribution is 2.27. The average Bonchev–Trinajstić information content (AvgIpc) is 2.82. The largest absolute Gasteiger partial charge is 0.501 e. The van der Waals surface area contributed by atoms with Crippen molar-refractivity contribution in [2.24, 2.45) is 11.1 Å². The van der Waals surface area contributed by atoms with Gasteiger partial charge in [-0.3, -0.25) is 9.78 Å². The van der Waals surface area contributed by atoms with Crippen LogP contribution in [-0.4, -0.2) is 36.4 Å². The molecule has 1 aliphatic rings. The van der Waals surface area contributed by atoms with Crippen molar-refractivity contribution in [1.29, 1.82) is 0 Å². The number of aromatic nitrogens is 1. The van der Waals surface area contributed by atoms with Gasteiger partial charge in [0.1, 0.15) is 18.1 Å². The number of pyridine rings is 1. The summed E-state index contributed by atoms with van der Waals surface area (Å²) in [5, 5.41) is 6.81. The Balaban J connectivity index is 1.41. The van der Waals surface area contributed by atoms with E-state index in [4.69, 9.17) is 14.3 Å². The van der Waals surface area contributed by atoms with E-state index in [1.807, 2.05) is 6.08 Å². The van der Waals surface area contributed by atoms with Gasteiger partial charge in [0.15, 0.2) is 6.61 Å². The molecular weight excluding hydrogens is 439 g/mol. The van der Waals surface area contributed by atoms with Gasteiger partial charge in [0.05, 0.1) is 18.6 Å². The van der Waals surface area contributed by atoms with Crippen LogP contribution in [-0.2, 0) is 27.2 Å². The van der Waals surface area contributed by atoms with E-state index >= 15 is 0 Å². The van der Waals surface area contributed by atoms with Crippen molar-refractivity contribution >= 4 is 11.6 Å². The first kappa shape index (κ1) is 24.1. The SMILES string of the molecule is C/C(=N\OCc1ccc(C(F)(F)F)nc1)c1ccc(OCC(=O)NCC2C=COCC2)cc1. The van der Waals surface area contributed by atoms with Gasteiger partial charge in [0.25, 0.3) is 5.91 Å². The smallest absolute Gasteiger partial charge is 0.433 e. The summed E-state index contributed by atoms with van der Waals surface area (Å²) in [5.74, 6) is 0.592. The molecule has 3 rings (SSSR count). The van der Waals surface area contributed by atoms with E-state index in [0.717, 1.165) is 24.2 Å². The third-order valence-electron chi connectivity index (χ3n) is 4.80. The van der Waals surface area contributed by atoms with Gasteiger partial charge < -0.3 is 19.6 Å². The molecule has 1 N–H and O–H groups in total. The van der Waals surface area contributed by atoms with Gasteiger partial charge in [0, 0.05) is 24.2 Å². The number of amides is 1. The Morgan fingerprint density at radius 1 is 1.24 bits per heavy atom. The minimum Gasteiger partial charge on any atom is -0.501 e. The minimum absolute atomic E-state index is 0.0115. The van der Waals surface area contributed by atoms with Gasteiger partial charge in [-0.15, -0.1) is 0 Å². The highest BCUT2D eigenvalue weighted by molar-refractivity contribution is 5.98. The average molecular weight is 463 g/mol. The van der Waals surface area contributed by atoms with Crippen LogP contribution in [0.25, 0.3) is 0 Å². The molecule has 0 aliphatic carbocycles. The molecule has 1 aromatic carbocycles. The molecule has 1 amide bonds. The predicted octanol–water partition coefficient (Wildman–Crippen LogP) is 4.09. The summed E-state index contributed by atoms with van der Waals surface area (Å²) < 4.78 is 48.2. The van der Waals surface area contributed by atoms with Crippen LogP contribution in [0.15, 0.2) is 60.1 Å². The summed E-state index contributed by atoms with van der Waals surface area (Å²) in [4.78, 5) is 20.5. The van der Waals surface area contributed by atoms with Gasteiger partial charge in [-0.2, -0.15) is 13.2 Å². The molecule has 7 nitrogen and oxygen atoms in total. The summed E-state index contributed by atoms with van der Waals surface area (Å²) in [6.45, 7) is 2.82. The molecule has 2 aromatic rings. The summed E-state index contributed by atoms with van der Waals surface area (Å²) in [5.41, 5.74) is 0.851. The summed E-state index contributed by atoms with van der Waals surface area (Å²) >= 11 is 0. The summed E-state index contributed by atoms with van der Waals surface area (Å²) in [6, 6.07) is 9.15. The summed E-state index contributed by atoms with van der Waals surface area (Å²) in [6.07, 6.45) is 1.08. The molecule has 0 spiro atoms. The second-order valence-electron chi connectivity index (χ2n) is 7.36. The highest BCUT2D eigenvalue weighted by atomic mass is 19.4. The van der Waals surface area contributed by atoms with Crippen LogP contribution in [0.5, 0.6) is 5.75 Å². The van der Waals surface area contributed by atoms with Gasteiger partial charge in [-0.1, -0.05) is 11.2 Å². The van der Waals surface area contributed by atoms with Crippen LogP contribution in [0.3, 0.4) is 0 Å². The number of halogens is 3. The van der Waals surface area contributed by atoms with Crippen LogP contribution < -0.4 is 10.1 Å². The Hall–Kier alpha value is -3.56. The molecule has 0 fully saturated rings. The number of alkyl halides is 3. The first-order chi connectivity index (χ1) is 15.8. The zero-order valence-corrected chi connectivity index (χ0v) is 18.0. The molecule has 2 heterocycles. The first-order valence-electron chi connectivity index (χ1n) is 10.3. The second-order valence-corrected chi connectivity index (χ2v) is 7.36. The van der Waals surface area contributed by atoms with Crippen molar-refractivity contribution in [1.82, 2.24) is 10.3 Å². The molecule has 0 saturated carbocycles. The number of rotatable bonds is 9. The van der Waals surface area contributed by atoms with Crippen molar-refractivity contribution < 1.29 is 32.3 Å². The lowest BCUT2D eigenvalue weighted by molar-refractivity contribution is -0.141. The number of oxime groups is 1. The van der Waals surface area contributed by atoms with E-state index in [1.54, 1.807) is 37.5 Å². The van der Waals surface area contributed by atoms with E-state index in [1.165, 1.54) is 6.07 Å². The van der Waals surface area contributed by atoms with E-state index in [-0.39, 0.29) is 25.0 Å². The maximum atomic E-state index is 12.5. The number of nitrogens with zero attached hydrogens (tertiary/aromatic N) is 2. The zero-order valence-electron chi connectivity index (χ0n) is 18.0. The second kappa shape index (κ2) is 11.3. The van der Waals surface area contributed by atoms with Crippen LogP contribution in [0.4, 0.5) is 13.2 Å². The zero-order chi connectivity index (χ0) is 23.7. The number of hydrogen-bond acceptors (Lipinski definition) is 6. The Bertz CT molecular complexity index is 974. The minimum atomic E-state index is -4.48. The molecule has 10 heteroatoms. The molecule has 1 unspecified atom stereocenters. The molecule has 0 saturated heterocycles. The Morgan fingerprint density at radius 3 is 2.67 bits per heavy atom. The van der Waals surface area contributed by atoms with Crippen molar-refractivity contribution in [3.63, 3.8) is 0 Å². The van der Waals surface area contributed by atoms with Gasteiger partial charge in [-0.25, -0.2) is 0 Å². The third kappa shape index (κ3) is 7.81. The quantitative estimate of drug-likeness (QED) is 0.448. The van der Waals surface area contributed by atoms with E-state index in [0.29, 0.717) is 30.2 Å². The lowest BCUT2D eigenvalue weighted by Gasteiger charge is -2.17. The predicted molar refractivity (Wildman–Crippen MR) is 114 cm³/mol. The molecule has 1 atom stereocenters. The highest BCUT2D eigenvalue weighted by Gasteiger charge is 2.32. The van der Waals surface area contributed by atoms with Crippen molar-refractivity contribution in [3.8, 4) is 5.75 Å². The lowest BCUT2D eigenvalue weighted by atomic mass is 10.1. The van der Waals surface area contributed by atoms with Gasteiger partial charge in [-0.05, 0) is 55.3 Å². The fraction of sp³-hybridized carbons (Fsp3) is 0.348. The fourth-order valence-electron chi connectivity index (χ4n) is 2.89. The lowest BCUT2D eigenvalue weighted by Crippen LogP contribution is -2.33. The Morgan fingerprint density at radius 2 is 2.03 bits per heavy atom. The van der Waals surface area contributed by atoms with E-state index < -0.39 is 11.9 Å². The molecule has 176 valence electrons. The van der Waals surface area contributed by atoms with E-state index in [9.17, 15) is 18.0 Å². The maximum absolute atomic E-state index is 12.5. The molecular formula is C23H24F3N3O4. The van der Waals surface area contributed by atoms with Crippen molar-refractivity contribution in [2.75, 3.05) is 19.8 Å². The van der Waals surface area contributed by atoms with Crippen LogP contribution >= 0.6 is 0 Å². The molecule has 33 heavy (non-hydrogen) atoms. The topological polar surface area (TPSA) is 82.0 Å². The molecule has 0 bridgehead atoms. The van der Waals surface area contributed by atoms with Crippen LogP contribution in [0, 0.1) is 5.92 Å². The number of ether oxygens (including phenoxy) is 2. The first-order valence-corrected chi connectivity index (χ1v) is 10.3. The van der Waals surface area contributed by atoms with Crippen molar-refractivity contribution in [2.45, 2.75) is 26.1 Å². The molecule has 1 aromatic heterocycles. The number of carbonyl (C=O) groups is 1. The summed E-state index contributed by atoms with van der Waals surface area (Å²) in [7, 11) is 0. The maximum Gasteiger partial charge on any atom is 0.433 e. The number of benzene rings is 1. The van der Waals surface area contributed by atoms with Gasteiger partial charge in [0.2, 0.25) is 0 Å².